The predicted octanol–water partition coefficient (Wildman–Crippen LogP) is 3.43. The van der Waals surface area contributed by atoms with Crippen molar-refractivity contribution in [3.8, 4) is 23.0 Å². The molecule has 0 radical (unpaired) electrons. The van der Waals surface area contributed by atoms with Gasteiger partial charge in [0.2, 0.25) is 5.75 Å². The smallest absolute Gasteiger partial charge is 0.251 e. The molecule has 0 aliphatic heterocycles. The Balaban J connectivity index is 2.16. The first-order valence-corrected chi connectivity index (χ1v) is 8.59. The Labute approximate surface area is 160 Å². The molecule has 1 amide bonds. The first-order chi connectivity index (χ1) is 12.9. The molecule has 0 saturated carbocycles. The number of ether oxygens (including phenoxy) is 4. The van der Waals surface area contributed by atoms with E-state index in [1.807, 2.05) is 24.3 Å². The van der Waals surface area contributed by atoms with Gasteiger partial charge in [0.25, 0.3) is 5.91 Å². The monoisotopic (exact) mass is 373 g/mol. The van der Waals surface area contributed by atoms with Crippen LogP contribution in [0, 0.1) is 0 Å². The Morgan fingerprint density at radius 3 is 1.89 bits per heavy atom. The van der Waals surface area contributed by atoms with Gasteiger partial charge in [-0.15, -0.1) is 0 Å². The lowest BCUT2D eigenvalue weighted by molar-refractivity contribution is 0.0945. The third-order valence-electron chi connectivity index (χ3n) is 4.49. The molecule has 2 rings (SSSR count). The average Bonchev–Trinajstić information content (AvgIpc) is 2.70. The van der Waals surface area contributed by atoms with E-state index >= 15 is 0 Å². The fraction of sp³-hybridized carbons (Fsp3) is 0.381. The van der Waals surface area contributed by atoms with E-state index in [1.54, 1.807) is 19.2 Å². The quantitative estimate of drug-likeness (QED) is 0.768. The highest BCUT2D eigenvalue weighted by Crippen LogP contribution is 2.38. The van der Waals surface area contributed by atoms with Gasteiger partial charge in [-0.3, -0.25) is 4.79 Å². The first-order valence-electron chi connectivity index (χ1n) is 8.59. The highest BCUT2D eigenvalue weighted by Gasteiger charge is 2.23. The summed E-state index contributed by atoms with van der Waals surface area (Å²) in [7, 11) is 6.20. The molecule has 0 bridgehead atoms. The van der Waals surface area contributed by atoms with Crippen LogP contribution in [0.5, 0.6) is 23.0 Å². The van der Waals surface area contributed by atoms with E-state index < -0.39 is 0 Å². The number of amides is 1. The van der Waals surface area contributed by atoms with Crippen LogP contribution in [0.3, 0.4) is 0 Å². The molecular weight excluding hydrogens is 346 g/mol. The summed E-state index contributed by atoms with van der Waals surface area (Å²) in [5.74, 6) is 1.93. The Bertz CT molecular complexity index is 759. The number of carbonyl (C=O) groups is 1. The van der Waals surface area contributed by atoms with Gasteiger partial charge in [-0.2, -0.15) is 0 Å². The third-order valence-corrected chi connectivity index (χ3v) is 4.49. The standard InChI is InChI=1S/C21H27NO5/c1-21(2,15-7-9-16(24-3)10-8-15)13-22-20(23)14-11-17(25-4)19(27-6)18(12-14)26-5/h7-12H,13H2,1-6H3,(H,22,23). The van der Waals surface area contributed by atoms with Crippen molar-refractivity contribution in [1.29, 1.82) is 0 Å². The normalized spacial score (nSPS) is 10.9. The van der Waals surface area contributed by atoms with Crippen molar-refractivity contribution in [3.63, 3.8) is 0 Å². The largest absolute Gasteiger partial charge is 0.497 e. The molecule has 0 heterocycles. The van der Waals surface area contributed by atoms with Crippen LogP contribution in [0.2, 0.25) is 0 Å². The van der Waals surface area contributed by atoms with Gasteiger partial charge in [0.1, 0.15) is 5.75 Å². The first kappa shape index (κ1) is 20.4. The zero-order chi connectivity index (χ0) is 20.0. The van der Waals surface area contributed by atoms with Gasteiger partial charge in [-0.1, -0.05) is 26.0 Å². The Morgan fingerprint density at radius 2 is 1.44 bits per heavy atom. The van der Waals surface area contributed by atoms with E-state index in [2.05, 4.69) is 19.2 Å². The SMILES string of the molecule is COc1ccc(C(C)(C)CNC(=O)c2cc(OC)c(OC)c(OC)c2)cc1. The van der Waals surface area contributed by atoms with E-state index in [-0.39, 0.29) is 11.3 Å². The molecular formula is C21H27NO5. The van der Waals surface area contributed by atoms with Gasteiger partial charge >= 0.3 is 0 Å². The Morgan fingerprint density at radius 1 is 0.889 bits per heavy atom. The number of carbonyl (C=O) groups excluding carboxylic acids is 1. The van der Waals surface area contributed by atoms with Crippen LogP contribution in [0.15, 0.2) is 36.4 Å². The molecule has 27 heavy (non-hydrogen) atoms. The highest BCUT2D eigenvalue weighted by atomic mass is 16.5. The second-order valence-electron chi connectivity index (χ2n) is 6.71. The van der Waals surface area contributed by atoms with Gasteiger partial charge in [0, 0.05) is 17.5 Å². The summed E-state index contributed by atoms with van der Waals surface area (Å²) in [6, 6.07) is 11.1. The maximum Gasteiger partial charge on any atom is 0.251 e. The molecule has 1 N–H and O–H groups in total. The van der Waals surface area contributed by atoms with Crippen LogP contribution < -0.4 is 24.3 Å². The zero-order valence-corrected chi connectivity index (χ0v) is 16.7. The molecule has 0 atom stereocenters. The molecule has 0 aromatic heterocycles. The minimum absolute atomic E-state index is 0.212. The van der Waals surface area contributed by atoms with Crippen molar-refractivity contribution in [1.82, 2.24) is 5.32 Å². The van der Waals surface area contributed by atoms with Crippen LogP contribution in [0.25, 0.3) is 0 Å². The van der Waals surface area contributed by atoms with Crippen LogP contribution in [0.1, 0.15) is 29.8 Å². The topological polar surface area (TPSA) is 66.0 Å². The highest BCUT2D eigenvalue weighted by molar-refractivity contribution is 5.95. The maximum absolute atomic E-state index is 12.7. The summed E-state index contributed by atoms with van der Waals surface area (Å²) in [6.07, 6.45) is 0. The minimum atomic E-state index is -0.247. The fourth-order valence-corrected chi connectivity index (χ4v) is 2.76. The third kappa shape index (κ3) is 4.64. The zero-order valence-electron chi connectivity index (χ0n) is 16.7. The van der Waals surface area contributed by atoms with E-state index in [0.717, 1.165) is 11.3 Å². The summed E-state index contributed by atoms with van der Waals surface area (Å²) >= 11 is 0. The average molecular weight is 373 g/mol. The van der Waals surface area contributed by atoms with Gasteiger partial charge in [-0.05, 0) is 29.8 Å². The van der Waals surface area contributed by atoms with Crippen molar-refractivity contribution in [2.24, 2.45) is 0 Å². The maximum atomic E-state index is 12.7. The molecule has 6 heteroatoms. The number of hydrogen-bond donors (Lipinski definition) is 1. The summed E-state index contributed by atoms with van der Waals surface area (Å²) in [4.78, 5) is 12.7. The molecule has 0 unspecified atom stereocenters. The number of benzene rings is 2. The summed E-state index contributed by atoms with van der Waals surface area (Å²) in [6.45, 7) is 4.61. The molecule has 0 saturated heterocycles. The van der Waals surface area contributed by atoms with Crippen LogP contribution in [0.4, 0.5) is 0 Å². The van der Waals surface area contributed by atoms with E-state index in [4.69, 9.17) is 18.9 Å². The van der Waals surface area contributed by atoms with E-state index in [0.29, 0.717) is 29.4 Å². The molecule has 146 valence electrons. The Kier molecular flexibility index (Phi) is 6.55. The second-order valence-corrected chi connectivity index (χ2v) is 6.71. The number of hydrogen-bond acceptors (Lipinski definition) is 5. The lowest BCUT2D eigenvalue weighted by atomic mass is 9.84. The molecule has 2 aromatic carbocycles. The summed E-state index contributed by atoms with van der Waals surface area (Å²) in [5.41, 5.74) is 1.30. The van der Waals surface area contributed by atoms with Crippen LogP contribution in [-0.4, -0.2) is 40.9 Å². The van der Waals surface area contributed by atoms with Gasteiger partial charge < -0.3 is 24.3 Å². The van der Waals surface area contributed by atoms with Crippen LogP contribution >= 0.6 is 0 Å². The van der Waals surface area contributed by atoms with Crippen molar-refractivity contribution >= 4 is 5.91 Å². The second kappa shape index (κ2) is 8.66. The number of rotatable bonds is 8. The summed E-state index contributed by atoms with van der Waals surface area (Å²) in [5, 5.41) is 2.98. The molecule has 0 aliphatic rings. The van der Waals surface area contributed by atoms with Crippen molar-refractivity contribution < 1.29 is 23.7 Å². The molecule has 2 aromatic rings. The van der Waals surface area contributed by atoms with E-state index in [9.17, 15) is 4.79 Å². The van der Waals surface area contributed by atoms with Crippen LogP contribution in [-0.2, 0) is 5.41 Å². The number of nitrogens with one attached hydrogen (secondary N) is 1. The van der Waals surface area contributed by atoms with Crippen molar-refractivity contribution in [2.45, 2.75) is 19.3 Å². The van der Waals surface area contributed by atoms with Crippen molar-refractivity contribution in [3.05, 3.63) is 47.5 Å². The lowest BCUT2D eigenvalue weighted by Gasteiger charge is -2.26. The molecule has 0 spiro atoms. The molecule has 0 fully saturated rings. The lowest BCUT2D eigenvalue weighted by Crippen LogP contribution is -2.36. The van der Waals surface area contributed by atoms with E-state index in [1.165, 1.54) is 21.3 Å². The van der Waals surface area contributed by atoms with Gasteiger partial charge in [0.05, 0.1) is 28.4 Å². The van der Waals surface area contributed by atoms with Gasteiger partial charge in [-0.25, -0.2) is 0 Å². The fourth-order valence-electron chi connectivity index (χ4n) is 2.76. The predicted molar refractivity (Wildman–Crippen MR) is 104 cm³/mol. The summed E-state index contributed by atoms with van der Waals surface area (Å²) < 4.78 is 21.1. The number of methoxy groups -OCH3 is 4. The Hall–Kier alpha value is -2.89. The van der Waals surface area contributed by atoms with Crippen molar-refractivity contribution in [2.75, 3.05) is 35.0 Å². The molecule has 0 aliphatic carbocycles. The van der Waals surface area contributed by atoms with Gasteiger partial charge in [0.15, 0.2) is 11.5 Å². The molecule has 6 nitrogen and oxygen atoms in total. The minimum Gasteiger partial charge on any atom is -0.497 e.